The van der Waals surface area contributed by atoms with E-state index in [4.69, 9.17) is 0 Å². The monoisotopic (exact) mass is 211 g/mol. The molecule has 2 atom stereocenters. The highest BCUT2D eigenvalue weighted by Crippen LogP contribution is 2.17. The molecule has 1 fully saturated rings. The summed E-state index contributed by atoms with van der Waals surface area (Å²) in [7, 11) is 0. The maximum Gasteiger partial charge on any atom is 0.0590 e. The van der Waals surface area contributed by atoms with E-state index in [0.29, 0.717) is 5.92 Å². The molecule has 1 N–H and O–H groups in total. The van der Waals surface area contributed by atoms with Gasteiger partial charge in [-0.2, -0.15) is 0 Å². The van der Waals surface area contributed by atoms with Gasteiger partial charge in [-0.1, -0.05) is 19.4 Å². The van der Waals surface area contributed by atoms with Crippen LogP contribution in [0.15, 0.2) is 12.7 Å². The van der Waals surface area contributed by atoms with Gasteiger partial charge < -0.3 is 10.0 Å². The van der Waals surface area contributed by atoms with Gasteiger partial charge in [0.25, 0.3) is 0 Å². The van der Waals surface area contributed by atoms with Crippen LogP contribution in [-0.2, 0) is 0 Å². The first-order valence-electron chi connectivity index (χ1n) is 6.25. The molecule has 0 aliphatic carbocycles. The molecule has 0 saturated carbocycles. The van der Waals surface area contributed by atoms with E-state index >= 15 is 0 Å². The first-order chi connectivity index (χ1) is 7.24. The van der Waals surface area contributed by atoms with Crippen molar-refractivity contribution in [1.82, 2.24) is 4.90 Å². The van der Waals surface area contributed by atoms with Gasteiger partial charge in [0, 0.05) is 13.1 Å². The van der Waals surface area contributed by atoms with E-state index in [1.165, 1.54) is 25.8 Å². The maximum atomic E-state index is 9.60. The Kier molecular flexibility index (Phi) is 5.96. The minimum absolute atomic E-state index is 0.0676. The average Bonchev–Trinajstić information content (AvgIpc) is 2.23. The van der Waals surface area contributed by atoms with Crippen LogP contribution in [0.1, 0.15) is 39.0 Å². The zero-order valence-corrected chi connectivity index (χ0v) is 9.99. The molecule has 0 radical (unpaired) electrons. The lowest BCUT2D eigenvalue weighted by Crippen LogP contribution is -2.42. The van der Waals surface area contributed by atoms with Gasteiger partial charge in [0.2, 0.25) is 0 Å². The van der Waals surface area contributed by atoms with E-state index in [9.17, 15) is 5.11 Å². The Labute approximate surface area is 94.0 Å². The summed E-state index contributed by atoms with van der Waals surface area (Å²) in [5, 5.41) is 9.60. The fraction of sp³-hybridized carbons (Fsp3) is 0.846. The van der Waals surface area contributed by atoms with E-state index in [1.54, 1.807) is 0 Å². The molecule has 1 aliphatic heterocycles. The van der Waals surface area contributed by atoms with Crippen LogP contribution in [0.2, 0.25) is 0 Å². The van der Waals surface area contributed by atoms with Crippen molar-refractivity contribution in [3.63, 3.8) is 0 Å². The van der Waals surface area contributed by atoms with Crippen molar-refractivity contribution in [2.75, 3.05) is 19.6 Å². The van der Waals surface area contributed by atoms with E-state index < -0.39 is 0 Å². The van der Waals surface area contributed by atoms with Crippen LogP contribution >= 0.6 is 0 Å². The van der Waals surface area contributed by atoms with Gasteiger partial charge in [0.1, 0.15) is 0 Å². The van der Waals surface area contributed by atoms with Crippen molar-refractivity contribution in [2.45, 2.75) is 45.1 Å². The van der Waals surface area contributed by atoms with Crippen LogP contribution < -0.4 is 0 Å². The number of hydrogen-bond acceptors (Lipinski definition) is 2. The molecule has 1 rings (SSSR count). The fourth-order valence-corrected chi connectivity index (χ4v) is 2.22. The van der Waals surface area contributed by atoms with Crippen LogP contribution in [-0.4, -0.2) is 35.7 Å². The smallest absolute Gasteiger partial charge is 0.0590 e. The van der Waals surface area contributed by atoms with Gasteiger partial charge in [-0.3, -0.25) is 0 Å². The SMILES string of the molecule is C=CCCCCCN1CCC(O)C(C)C1. The summed E-state index contributed by atoms with van der Waals surface area (Å²) >= 11 is 0. The van der Waals surface area contributed by atoms with Crippen molar-refractivity contribution in [3.8, 4) is 0 Å². The molecule has 0 spiro atoms. The molecule has 0 aromatic heterocycles. The zero-order chi connectivity index (χ0) is 11.1. The fourth-order valence-electron chi connectivity index (χ4n) is 2.22. The number of piperidine rings is 1. The third kappa shape index (κ3) is 4.80. The molecule has 1 aliphatic rings. The van der Waals surface area contributed by atoms with Gasteiger partial charge >= 0.3 is 0 Å². The lowest BCUT2D eigenvalue weighted by atomic mass is 9.96. The number of likely N-dealkylation sites (tertiary alicyclic amines) is 1. The van der Waals surface area contributed by atoms with E-state index in [2.05, 4.69) is 18.4 Å². The Bertz CT molecular complexity index is 181. The molecular formula is C13H25NO. The number of allylic oxidation sites excluding steroid dienone is 1. The molecule has 0 bridgehead atoms. The van der Waals surface area contributed by atoms with Crippen molar-refractivity contribution >= 4 is 0 Å². The number of rotatable bonds is 6. The lowest BCUT2D eigenvalue weighted by molar-refractivity contribution is 0.0345. The van der Waals surface area contributed by atoms with E-state index in [-0.39, 0.29) is 6.10 Å². The molecule has 88 valence electrons. The number of unbranched alkanes of at least 4 members (excludes halogenated alkanes) is 3. The minimum Gasteiger partial charge on any atom is -0.393 e. The summed E-state index contributed by atoms with van der Waals surface area (Å²) in [5.41, 5.74) is 0. The third-order valence-electron chi connectivity index (χ3n) is 3.33. The average molecular weight is 211 g/mol. The molecule has 0 amide bonds. The van der Waals surface area contributed by atoms with Crippen LogP contribution in [0.25, 0.3) is 0 Å². The molecule has 1 heterocycles. The maximum absolute atomic E-state index is 9.60. The second-order valence-electron chi connectivity index (χ2n) is 4.77. The molecule has 2 heteroatoms. The highest BCUT2D eigenvalue weighted by Gasteiger charge is 2.23. The highest BCUT2D eigenvalue weighted by molar-refractivity contribution is 4.77. The predicted molar refractivity (Wildman–Crippen MR) is 64.9 cm³/mol. The third-order valence-corrected chi connectivity index (χ3v) is 3.33. The molecule has 0 aromatic carbocycles. The van der Waals surface area contributed by atoms with Crippen LogP contribution in [0.5, 0.6) is 0 Å². The van der Waals surface area contributed by atoms with Gasteiger partial charge in [-0.25, -0.2) is 0 Å². The topological polar surface area (TPSA) is 23.5 Å². The Morgan fingerprint density at radius 3 is 2.87 bits per heavy atom. The van der Waals surface area contributed by atoms with Crippen LogP contribution in [0.3, 0.4) is 0 Å². The summed E-state index contributed by atoms with van der Waals surface area (Å²) in [5.74, 6) is 0.451. The molecule has 2 unspecified atom stereocenters. The van der Waals surface area contributed by atoms with Crippen molar-refractivity contribution in [1.29, 1.82) is 0 Å². The van der Waals surface area contributed by atoms with Gasteiger partial charge in [0.05, 0.1) is 6.10 Å². The number of nitrogens with zero attached hydrogens (tertiary/aromatic N) is 1. The molecule has 15 heavy (non-hydrogen) atoms. The Morgan fingerprint density at radius 1 is 1.40 bits per heavy atom. The Morgan fingerprint density at radius 2 is 2.20 bits per heavy atom. The van der Waals surface area contributed by atoms with Gasteiger partial charge in [-0.05, 0) is 38.1 Å². The second-order valence-corrected chi connectivity index (χ2v) is 4.77. The minimum atomic E-state index is -0.0676. The second kappa shape index (κ2) is 7.02. The summed E-state index contributed by atoms with van der Waals surface area (Å²) < 4.78 is 0. The number of hydrogen-bond donors (Lipinski definition) is 1. The molecule has 1 saturated heterocycles. The van der Waals surface area contributed by atoms with Crippen molar-refractivity contribution in [2.24, 2.45) is 5.92 Å². The summed E-state index contributed by atoms with van der Waals surface area (Å²) in [4.78, 5) is 2.49. The summed E-state index contributed by atoms with van der Waals surface area (Å²) in [6.07, 6.45) is 7.90. The standard InChI is InChI=1S/C13H25NO/c1-3-4-5-6-7-9-14-10-8-13(15)12(2)11-14/h3,12-13,15H,1,4-11H2,2H3. The molecule has 2 nitrogen and oxygen atoms in total. The Balaban J connectivity index is 2.04. The zero-order valence-electron chi connectivity index (χ0n) is 9.99. The predicted octanol–water partition coefficient (Wildman–Crippen LogP) is 2.44. The lowest BCUT2D eigenvalue weighted by Gasteiger charge is -2.34. The summed E-state index contributed by atoms with van der Waals surface area (Å²) in [6, 6.07) is 0. The Hall–Kier alpha value is -0.340. The van der Waals surface area contributed by atoms with Crippen LogP contribution in [0.4, 0.5) is 0 Å². The summed E-state index contributed by atoms with van der Waals surface area (Å²) in [6.45, 7) is 9.23. The van der Waals surface area contributed by atoms with E-state index in [1.807, 2.05) is 6.08 Å². The first-order valence-corrected chi connectivity index (χ1v) is 6.25. The largest absolute Gasteiger partial charge is 0.393 e. The highest BCUT2D eigenvalue weighted by atomic mass is 16.3. The quantitative estimate of drug-likeness (QED) is 0.539. The number of aliphatic hydroxyl groups is 1. The van der Waals surface area contributed by atoms with Gasteiger partial charge in [-0.15, -0.1) is 6.58 Å². The van der Waals surface area contributed by atoms with Gasteiger partial charge in [0.15, 0.2) is 0 Å². The van der Waals surface area contributed by atoms with E-state index in [0.717, 1.165) is 25.9 Å². The van der Waals surface area contributed by atoms with Crippen molar-refractivity contribution < 1.29 is 5.11 Å². The molecular weight excluding hydrogens is 186 g/mol. The normalized spacial score (nSPS) is 27.9. The first kappa shape index (κ1) is 12.7. The molecule has 0 aromatic rings. The van der Waals surface area contributed by atoms with Crippen LogP contribution in [0, 0.1) is 5.92 Å². The number of aliphatic hydroxyl groups excluding tert-OH is 1. The van der Waals surface area contributed by atoms with Crippen molar-refractivity contribution in [3.05, 3.63) is 12.7 Å².